The van der Waals surface area contributed by atoms with Gasteiger partial charge >= 0.3 is 0 Å². The Morgan fingerprint density at radius 3 is 2.55 bits per heavy atom. The number of piperidine rings is 1. The third kappa shape index (κ3) is 2.93. The van der Waals surface area contributed by atoms with Crippen molar-refractivity contribution in [2.75, 3.05) is 18.0 Å². The molecule has 0 bridgehead atoms. The largest absolute Gasteiger partial charge is 0.393 e. The third-order valence-electron chi connectivity index (χ3n) is 4.14. The Balaban J connectivity index is 2.27. The molecule has 110 valence electrons. The topological polar surface area (TPSA) is 86.2 Å². The molecule has 4 N–H and O–H groups in total. The average Bonchev–Trinajstić information content (AvgIpc) is 2.37. The molecule has 5 heteroatoms. The molecular formula is C15H24N4O. The van der Waals surface area contributed by atoms with Crippen molar-refractivity contribution in [1.29, 1.82) is 5.41 Å². The van der Waals surface area contributed by atoms with Crippen molar-refractivity contribution < 1.29 is 5.11 Å². The lowest BCUT2D eigenvalue weighted by Crippen LogP contribution is -2.38. The van der Waals surface area contributed by atoms with Crippen molar-refractivity contribution in [3.63, 3.8) is 0 Å². The normalized spacial score (nSPS) is 18.1. The van der Waals surface area contributed by atoms with Crippen LogP contribution in [-0.4, -0.2) is 35.1 Å². The highest BCUT2D eigenvalue weighted by atomic mass is 16.3. The summed E-state index contributed by atoms with van der Waals surface area (Å²) in [6.07, 6.45) is 1.69. The lowest BCUT2D eigenvalue weighted by Gasteiger charge is -2.36. The van der Waals surface area contributed by atoms with Gasteiger partial charge in [-0.3, -0.25) is 10.4 Å². The number of nitrogens with two attached hydrogens (primary N) is 1. The van der Waals surface area contributed by atoms with Crippen LogP contribution < -0.4 is 10.6 Å². The first-order chi connectivity index (χ1) is 9.40. The van der Waals surface area contributed by atoms with Gasteiger partial charge in [0.15, 0.2) is 0 Å². The number of hydrogen-bond acceptors (Lipinski definition) is 4. The summed E-state index contributed by atoms with van der Waals surface area (Å²) >= 11 is 0. The summed E-state index contributed by atoms with van der Waals surface area (Å²) in [5, 5.41) is 17.5. The molecule has 0 saturated carbocycles. The first kappa shape index (κ1) is 14.8. The summed E-state index contributed by atoms with van der Waals surface area (Å²) in [5.74, 6) is 0.443. The van der Waals surface area contributed by atoms with Crippen molar-refractivity contribution in [3.8, 4) is 0 Å². The molecular weight excluding hydrogens is 252 g/mol. The van der Waals surface area contributed by atoms with Crippen LogP contribution in [0, 0.1) is 25.2 Å². The number of nitrogens with zero attached hydrogens (tertiary/aromatic N) is 2. The van der Waals surface area contributed by atoms with E-state index in [2.05, 4.69) is 9.88 Å². The number of amidine groups is 1. The Labute approximate surface area is 120 Å². The maximum Gasteiger partial charge on any atom is 0.126 e. The molecule has 2 rings (SSSR count). The minimum absolute atomic E-state index is 0.0719. The minimum Gasteiger partial charge on any atom is -0.393 e. The number of aromatic nitrogens is 1. The zero-order chi connectivity index (χ0) is 14.9. The first-order valence-electron chi connectivity index (χ1n) is 7.15. The number of aliphatic hydroxyl groups is 1. The van der Waals surface area contributed by atoms with Gasteiger partial charge in [0.1, 0.15) is 5.84 Å². The van der Waals surface area contributed by atoms with E-state index < -0.39 is 0 Å². The van der Waals surface area contributed by atoms with Crippen molar-refractivity contribution in [3.05, 3.63) is 23.0 Å². The maximum atomic E-state index is 9.68. The third-order valence-corrected chi connectivity index (χ3v) is 4.14. The molecule has 5 nitrogen and oxygen atoms in total. The second-order valence-corrected chi connectivity index (χ2v) is 5.72. The van der Waals surface area contributed by atoms with E-state index >= 15 is 0 Å². The van der Waals surface area contributed by atoms with Gasteiger partial charge in [-0.15, -0.1) is 0 Å². The maximum absolute atomic E-state index is 9.68. The number of nitrogen functional groups attached to an aromatic ring is 1. The van der Waals surface area contributed by atoms with Gasteiger partial charge in [-0.25, -0.2) is 0 Å². The number of aliphatic hydroxyl groups excluding tert-OH is 1. The summed E-state index contributed by atoms with van der Waals surface area (Å²) in [4.78, 5) is 6.67. The second-order valence-electron chi connectivity index (χ2n) is 5.72. The van der Waals surface area contributed by atoms with Crippen molar-refractivity contribution in [2.45, 2.75) is 39.7 Å². The summed E-state index contributed by atoms with van der Waals surface area (Å²) < 4.78 is 0. The standard InChI is InChI=1S/C15H24N4O/c1-9-8-13(14(15(16)17)10(2)18-9)19-6-4-12(5-7-19)11(3)20/h8,11-12,20H,4-7H2,1-3H3,(H3,16,17). The highest BCUT2D eigenvalue weighted by molar-refractivity contribution is 6.01. The van der Waals surface area contributed by atoms with E-state index in [4.69, 9.17) is 11.1 Å². The average molecular weight is 276 g/mol. The molecule has 1 aromatic heterocycles. The molecule has 20 heavy (non-hydrogen) atoms. The lowest BCUT2D eigenvalue weighted by molar-refractivity contribution is 0.110. The Kier molecular flexibility index (Phi) is 4.28. The van der Waals surface area contributed by atoms with E-state index in [9.17, 15) is 5.11 Å². The van der Waals surface area contributed by atoms with Crippen LogP contribution in [-0.2, 0) is 0 Å². The Morgan fingerprint density at radius 2 is 2.05 bits per heavy atom. The SMILES string of the molecule is Cc1cc(N2CCC(C(C)O)CC2)c(C(=N)N)c(C)n1. The molecule has 1 fully saturated rings. The van der Waals surface area contributed by atoms with Gasteiger partial charge in [0.05, 0.1) is 23.0 Å². The van der Waals surface area contributed by atoms with Gasteiger partial charge in [-0.1, -0.05) is 0 Å². The summed E-state index contributed by atoms with van der Waals surface area (Å²) in [7, 11) is 0. The lowest BCUT2D eigenvalue weighted by atomic mass is 9.91. The van der Waals surface area contributed by atoms with Crippen LogP contribution >= 0.6 is 0 Å². The second kappa shape index (κ2) is 5.79. The van der Waals surface area contributed by atoms with E-state index in [1.807, 2.05) is 26.8 Å². The molecule has 0 aliphatic carbocycles. The van der Waals surface area contributed by atoms with E-state index in [-0.39, 0.29) is 11.9 Å². The predicted molar refractivity (Wildman–Crippen MR) is 81.3 cm³/mol. The molecule has 1 unspecified atom stereocenters. The minimum atomic E-state index is -0.245. The molecule has 1 aromatic rings. The molecule has 1 aliphatic rings. The number of nitrogens with one attached hydrogen (secondary N) is 1. The van der Waals surface area contributed by atoms with Gasteiger partial charge in [-0.2, -0.15) is 0 Å². The Morgan fingerprint density at radius 1 is 1.45 bits per heavy atom. The van der Waals surface area contributed by atoms with Gasteiger partial charge in [-0.05, 0) is 45.6 Å². The predicted octanol–water partition coefficient (Wildman–Crippen LogP) is 1.58. The number of anilines is 1. The van der Waals surface area contributed by atoms with Gasteiger partial charge in [0.2, 0.25) is 0 Å². The van der Waals surface area contributed by atoms with Crippen LogP contribution in [0.2, 0.25) is 0 Å². The number of pyridine rings is 1. The smallest absolute Gasteiger partial charge is 0.126 e. The monoisotopic (exact) mass is 276 g/mol. The highest BCUT2D eigenvalue weighted by Crippen LogP contribution is 2.29. The van der Waals surface area contributed by atoms with E-state index in [1.54, 1.807) is 0 Å². The van der Waals surface area contributed by atoms with Crippen LogP contribution in [0.1, 0.15) is 36.7 Å². The van der Waals surface area contributed by atoms with Crippen molar-refractivity contribution in [2.24, 2.45) is 11.7 Å². The van der Waals surface area contributed by atoms with Crippen molar-refractivity contribution >= 4 is 11.5 Å². The molecule has 1 atom stereocenters. The fraction of sp³-hybridized carbons (Fsp3) is 0.600. The molecule has 1 saturated heterocycles. The summed E-state index contributed by atoms with van der Waals surface area (Å²) in [6.45, 7) is 7.50. The first-order valence-corrected chi connectivity index (χ1v) is 7.15. The quantitative estimate of drug-likeness (QED) is 0.578. The summed E-state index contributed by atoms with van der Waals surface area (Å²) in [6, 6.07) is 2.01. The van der Waals surface area contributed by atoms with E-state index in [0.29, 0.717) is 5.92 Å². The zero-order valence-corrected chi connectivity index (χ0v) is 12.5. The van der Waals surface area contributed by atoms with Gasteiger partial charge in [0.25, 0.3) is 0 Å². The molecule has 0 amide bonds. The van der Waals surface area contributed by atoms with Crippen LogP contribution in [0.3, 0.4) is 0 Å². The van der Waals surface area contributed by atoms with Crippen LogP contribution in [0.4, 0.5) is 5.69 Å². The number of rotatable bonds is 3. The number of hydrogen-bond donors (Lipinski definition) is 3. The van der Waals surface area contributed by atoms with Gasteiger partial charge in [0, 0.05) is 18.8 Å². The van der Waals surface area contributed by atoms with Crippen LogP contribution in [0.15, 0.2) is 6.07 Å². The van der Waals surface area contributed by atoms with Crippen molar-refractivity contribution in [1.82, 2.24) is 4.98 Å². The number of aryl methyl sites for hydroxylation is 2. The fourth-order valence-corrected chi connectivity index (χ4v) is 3.01. The van der Waals surface area contributed by atoms with E-state index in [0.717, 1.165) is 48.6 Å². The zero-order valence-electron chi connectivity index (χ0n) is 12.5. The molecule has 0 aromatic carbocycles. The molecule has 0 radical (unpaired) electrons. The van der Waals surface area contributed by atoms with E-state index in [1.165, 1.54) is 0 Å². The molecule has 0 spiro atoms. The van der Waals surface area contributed by atoms with Crippen LogP contribution in [0.25, 0.3) is 0 Å². The Bertz CT molecular complexity index is 505. The van der Waals surface area contributed by atoms with Crippen LogP contribution in [0.5, 0.6) is 0 Å². The Hall–Kier alpha value is -1.62. The van der Waals surface area contributed by atoms with Gasteiger partial charge < -0.3 is 15.7 Å². The molecule has 1 aliphatic heterocycles. The summed E-state index contributed by atoms with van der Waals surface area (Å²) in [5.41, 5.74) is 9.23. The highest BCUT2D eigenvalue weighted by Gasteiger charge is 2.25. The molecule has 2 heterocycles. The fourth-order valence-electron chi connectivity index (χ4n) is 3.01.